The van der Waals surface area contributed by atoms with Gasteiger partial charge in [-0.1, -0.05) is 36.4 Å². The fraction of sp³-hybridized carbons (Fsp3) is 0.391. The standard InChI is InChI=1S/C23H28N2O3/c1-23(2,3)28-22(26)25-13-14-27-21(17-25)16-20-6-4-5-19(15-20)8-7-18-9-11-24-12-10-18/h4-12,15,21H,13-14,16-17H2,1-3H3. The summed E-state index contributed by atoms with van der Waals surface area (Å²) in [7, 11) is 0. The summed E-state index contributed by atoms with van der Waals surface area (Å²) in [6.07, 6.45) is 8.20. The van der Waals surface area contributed by atoms with Crippen LogP contribution < -0.4 is 0 Å². The van der Waals surface area contributed by atoms with Crippen LogP contribution in [-0.2, 0) is 15.9 Å². The van der Waals surface area contributed by atoms with E-state index in [1.54, 1.807) is 17.3 Å². The zero-order chi connectivity index (χ0) is 20.0. The van der Waals surface area contributed by atoms with Crippen molar-refractivity contribution < 1.29 is 14.3 Å². The number of benzene rings is 1. The van der Waals surface area contributed by atoms with E-state index in [4.69, 9.17) is 9.47 Å². The first-order valence-electron chi connectivity index (χ1n) is 9.66. The van der Waals surface area contributed by atoms with Gasteiger partial charge in [-0.3, -0.25) is 4.98 Å². The van der Waals surface area contributed by atoms with Crippen LogP contribution in [0.25, 0.3) is 12.2 Å². The molecular formula is C23H28N2O3. The second kappa shape index (κ2) is 9.02. The van der Waals surface area contributed by atoms with Crippen LogP contribution in [0.15, 0.2) is 48.8 Å². The first kappa shape index (κ1) is 20.1. The number of morpholine rings is 1. The van der Waals surface area contributed by atoms with E-state index < -0.39 is 5.60 Å². The number of rotatable bonds is 4. The van der Waals surface area contributed by atoms with E-state index in [0.29, 0.717) is 19.7 Å². The van der Waals surface area contributed by atoms with Crippen molar-refractivity contribution in [3.8, 4) is 0 Å². The molecule has 1 aliphatic heterocycles. The third-order valence-corrected chi connectivity index (χ3v) is 4.38. The van der Waals surface area contributed by atoms with Crippen molar-refractivity contribution >= 4 is 18.2 Å². The normalized spacial score (nSPS) is 17.7. The van der Waals surface area contributed by atoms with Crippen LogP contribution in [0, 0.1) is 0 Å². The molecule has 1 fully saturated rings. The van der Waals surface area contributed by atoms with Gasteiger partial charge in [-0.2, -0.15) is 0 Å². The average molecular weight is 380 g/mol. The smallest absolute Gasteiger partial charge is 0.410 e. The molecule has 5 nitrogen and oxygen atoms in total. The number of nitrogens with zero attached hydrogens (tertiary/aromatic N) is 2. The summed E-state index contributed by atoms with van der Waals surface area (Å²) in [6.45, 7) is 7.30. The Hall–Kier alpha value is -2.66. The molecule has 2 aromatic rings. The zero-order valence-electron chi connectivity index (χ0n) is 16.8. The number of hydrogen-bond acceptors (Lipinski definition) is 4. The molecule has 1 unspecified atom stereocenters. The highest BCUT2D eigenvalue weighted by Crippen LogP contribution is 2.17. The summed E-state index contributed by atoms with van der Waals surface area (Å²) in [4.78, 5) is 18.1. The van der Waals surface area contributed by atoms with Gasteiger partial charge in [0.1, 0.15) is 5.60 Å². The Kier molecular flexibility index (Phi) is 6.47. The third kappa shape index (κ3) is 6.20. The number of carbonyl (C=O) groups is 1. The van der Waals surface area contributed by atoms with Gasteiger partial charge in [-0.15, -0.1) is 0 Å². The van der Waals surface area contributed by atoms with Crippen molar-refractivity contribution in [2.45, 2.75) is 38.9 Å². The maximum Gasteiger partial charge on any atom is 0.410 e. The minimum Gasteiger partial charge on any atom is -0.444 e. The van der Waals surface area contributed by atoms with Crippen LogP contribution in [0.5, 0.6) is 0 Å². The quantitative estimate of drug-likeness (QED) is 0.787. The minimum atomic E-state index is -0.486. The van der Waals surface area contributed by atoms with E-state index in [0.717, 1.165) is 17.5 Å². The van der Waals surface area contributed by atoms with Crippen molar-refractivity contribution in [1.82, 2.24) is 9.88 Å². The maximum atomic E-state index is 12.3. The Labute approximate surface area is 167 Å². The van der Waals surface area contributed by atoms with Crippen molar-refractivity contribution in [2.24, 2.45) is 0 Å². The van der Waals surface area contributed by atoms with Crippen molar-refractivity contribution in [3.63, 3.8) is 0 Å². The molecule has 1 aliphatic rings. The molecule has 0 radical (unpaired) electrons. The van der Waals surface area contributed by atoms with Gasteiger partial charge >= 0.3 is 6.09 Å². The zero-order valence-corrected chi connectivity index (χ0v) is 16.8. The van der Waals surface area contributed by atoms with Gasteiger partial charge in [0.2, 0.25) is 0 Å². The molecule has 1 aromatic heterocycles. The minimum absolute atomic E-state index is 0.0271. The topological polar surface area (TPSA) is 51.7 Å². The molecule has 0 N–H and O–H groups in total. The fourth-order valence-corrected chi connectivity index (χ4v) is 3.09. The summed E-state index contributed by atoms with van der Waals surface area (Å²) in [5, 5.41) is 0. The Balaban J connectivity index is 1.60. The summed E-state index contributed by atoms with van der Waals surface area (Å²) in [5.74, 6) is 0. The number of pyridine rings is 1. The molecule has 1 saturated heterocycles. The van der Waals surface area contributed by atoms with Gasteiger partial charge in [0.25, 0.3) is 0 Å². The Morgan fingerprint density at radius 1 is 1.21 bits per heavy atom. The van der Waals surface area contributed by atoms with Crippen LogP contribution >= 0.6 is 0 Å². The Morgan fingerprint density at radius 2 is 1.96 bits per heavy atom. The monoisotopic (exact) mass is 380 g/mol. The van der Waals surface area contributed by atoms with Crippen LogP contribution in [0.3, 0.4) is 0 Å². The van der Waals surface area contributed by atoms with Crippen LogP contribution in [0.1, 0.15) is 37.5 Å². The summed E-state index contributed by atoms with van der Waals surface area (Å²) in [5.41, 5.74) is 2.95. The number of ether oxygens (including phenoxy) is 2. The summed E-state index contributed by atoms with van der Waals surface area (Å²) >= 11 is 0. The van der Waals surface area contributed by atoms with Gasteiger partial charge in [0.15, 0.2) is 0 Å². The largest absolute Gasteiger partial charge is 0.444 e. The van der Waals surface area contributed by atoms with Crippen molar-refractivity contribution in [2.75, 3.05) is 19.7 Å². The van der Waals surface area contributed by atoms with E-state index in [1.165, 1.54) is 5.56 Å². The second-order valence-electron chi connectivity index (χ2n) is 7.98. The van der Waals surface area contributed by atoms with E-state index in [2.05, 4.69) is 41.4 Å². The van der Waals surface area contributed by atoms with Gasteiger partial charge < -0.3 is 14.4 Å². The highest BCUT2D eigenvalue weighted by molar-refractivity contribution is 5.69. The molecule has 148 valence electrons. The lowest BCUT2D eigenvalue weighted by Crippen LogP contribution is -2.48. The molecule has 0 saturated carbocycles. The molecule has 5 heteroatoms. The number of carbonyl (C=O) groups excluding carboxylic acids is 1. The van der Waals surface area contributed by atoms with Crippen LogP contribution in [-0.4, -0.2) is 47.4 Å². The number of aromatic nitrogens is 1. The predicted molar refractivity (Wildman–Crippen MR) is 111 cm³/mol. The van der Waals surface area contributed by atoms with E-state index in [-0.39, 0.29) is 12.2 Å². The van der Waals surface area contributed by atoms with E-state index in [1.807, 2.05) is 32.9 Å². The lowest BCUT2D eigenvalue weighted by Gasteiger charge is -2.34. The second-order valence-corrected chi connectivity index (χ2v) is 7.98. The lowest BCUT2D eigenvalue weighted by molar-refractivity contribution is -0.0415. The van der Waals surface area contributed by atoms with Gasteiger partial charge in [-0.05, 0) is 49.6 Å². The molecule has 1 amide bonds. The van der Waals surface area contributed by atoms with Gasteiger partial charge in [0, 0.05) is 25.4 Å². The van der Waals surface area contributed by atoms with Crippen LogP contribution in [0.2, 0.25) is 0 Å². The van der Waals surface area contributed by atoms with E-state index in [9.17, 15) is 4.79 Å². The number of hydrogen-bond donors (Lipinski definition) is 0. The molecule has 3 rings (SSSR count). The van der Waals surface area contributed by atoms with Crippen LogP contribution in [0.4, 0.5) is 4.79 Å². The third-order valence-electron chi connectivity index (χ3n) is 4.38. The van der Waals surface area contributed by atoms with Gasteiger partial charge in [-0.25, -0.2) is 4.79 Å². The lowest BCUT2D eigenvalue weighted by atomic mass is 10.0. The fourth-order valence-electron chi connectivity index (χ4n) is 3.09. The Morgan fingerprint density at radius 3 is 2.71 bits per heavy atom. The highest BCUT2D eigenvalue weighted by Gasteiger charge is 2.28. The molecule has 0 spiro atoms. The molecule has 2 heterocycles. The summed E-state index contributed by atoms with van der Waals surface area (Å²) in [6, 6.07) is 12.3. The molecule has 1 atom stereocenters. The Bertz CT molecular complexity index is 812. The molecule has 0 aliphatic carbocycles. The molecule has 0 bridgehead atoms. The van der Waals surface area contributed by atoms with E-state index >= 15 is 0 Å². The van der Waals surface area contributed by atoms with Crippen molar-refractivity contribution in [1.29, 1.82) is 0 Å². The highest BCUT2D eigenvalue weighted by atomic mass is 16.6. The molecule has 28 heavy (non-hydrogen) atoms. The van der Waals surface area contributed by atoms with Crippen molar-refractivity contribution in [3.05, 3.63) is 65.5 Å². The summed E-state index contributed by atoms with van der Waals surface area (Å²) < 4.78 is 11.4. The first-order chi connectivity index (χ1) is 13.4. The predicted octanol–water partition coefficient (Wildman–Crippen LogP) is 4.43. The number of amides is 1. The first-order valence-corrected chi connectivity index (χ1v) is 9.66. The van der Waals surface area contributed by atoms with Gasteiger partial charge in [0.05, 0.1) is 19.3 Å². The molecular weight excluding hydrogens is 352 g/mol. The molecule has 1 aromatic carbocycles. The average Bonchev–Trinajstić information content (AvgIpc) is 2.66. The SMILES string of the molecule is CC(C)(C)OC(=O)N1CCOC(Cc2cccc(C=Cc3ccncc3)c2)C1. The maximum absolute atomic E-state index is 12.3.